The van der Waals surface area contributed by atoms with Crippen LogP contribution >= 0.6 is 0 Å². The minimum absolute atomic E-state index is 0.214. The number of hydrogen-bond acceptors (Lipinski definition) is 5. The maximum absolute atomic E-state index is 10.6. The number of ether oxygens (including phenoxy) is 2. The molecular formula is C24H29N3O4. The highest BCUT2D eigenvalue weighted by atomic mass is 16.5. The fraction of sp³-hybridized carbons (Fsp3) is 0.417. The third kappa shape index (κ3) is 5.17. The minimum Gasteiger partial charge on any atom is -0.494 e. The molecule has 1 aromatic heterocycles. The number of aromatic nitrogens is 2. The lowest BCUT2D eigenvalue weighted by Gasteiger charge is -2.28. The number of rotatable bonds is 9. The van der Waals surface area contributed by atoms with Crippen LogP contribution in [0.25, 0.3) is 16.7 Å². The van der Waals surface area contributed by atoms with Crippen molar-refractivity contribution in [3.63, 3.8) is 0 Å². The molecule has 2 aromatic carbocycles. The standard InChI is InChI=1S/C24H29N3O4/c1-18-6-8-19(9-7-18)27-22-17-20(31-14-4-2-3-5-23(28)29)10-11-21(22)25-24(27)26-12-15-30-16-13-26/h6-11,17H,2-5,12-16H2,1H3,(H,28,29). The Morgan fingerprint density at radius 1 is 1.10 bits per heavy atom. The zero-order valence-corrected chi connectivity index (χ0v) is 17.9. The Morgan fingerprint density at radius 3 is 2.61 bits per heavy atom. The first-order chi connectivity index (χ1) is 15.1. The lowest BCUT2D eigenvalue weighted by molar-refractivity contribution is -0.137. The van der Waals surface area contributed by atoms with Crippen LogP contribution in [0.5, 0.6) is 5.75 Å². The summed E-state index contributed by atoms with van der Waals surface area (Å²) in [7, 11) is 0. The second-order valence-electron chi connectivity index (χ2n) is 7.89. The van der Waals surface area contributed by atoms with Crippen LogP contribution in [0.1, 0.15) is 31.2 Å². The minimum atomic E-state index is -0.744. The quantitative estimate of drug-likeness (QED) is 0.520. The summed E-state index contributed by atoms with van der Waals surface area (Å²) in [6.45, 7) is 5.69. The number of morpholine rings is 1. The van der Waals surface area contributed by atoms with Gasteiger partial charge >= 0.3 is 5.97 Å². The maximum atomic E-state index is 10.6. The van der Waals surface area contributed by atoms with Crippen LogP contribution in [0.4, 0.5) is 5.95 Å². The van der Waals surface area contributed by atoms with Gasteiger partial charge in [-0.1, -0.05) is 17.7 Å². The number of nitrogens with zero attached hydrogens (tertiary/aromatic N) is 3. The number of aryl methyl sites for hydroxylation is 1. The molecule has 1 saturated heterocycles. The van der Waals surface area contributed by atoms with E-state index in [1.54, 1.807) is 0 Å². The number of imidazole rings is 1. The average molecular weight is 424 g/mol. The molecular weight excluding hydrogens is 394 g/mol. The predicted octanol–water partition coefficient (Wildman–Crippen LogP) is 4.19. The molecule has 1 aliphatic rings. The van der Waals surface area contributed by atoms with Gasteiger partial charge in [-0.25, -0.2) is 4.98 Å². The van der Waals surface area contributed by atoms with Crippen molar-refractivity contribution >= 4 is 23.0 Å². The van der Waals surface area contributed by atoms with Gasteiger partial charge in [0.05, 0.1) is 30.9 Å². The van der Waals surface area contributed by atoms with E-state index in [0.29, 0.717) is 26.2 Å². The van der Waals surface area contributed by atoms with Gasteiger partial charge in [-0.3, -0.25) is 9.36 Å². The molecule has 0 bridgehead atoms. The van der Waals surface area contributed by atoms with Gasteiger partial charge in [0.15, 0.2) is 0 Å². The highest BCUT2D eigenvalue weighted by molar-refractivity contribution is 5.83. The summed E-state index contributed by atoms with van der Waals surface area (Å²) in [6.07, 6.45) is 2.57. The Morgan fingerprint density at radius 2 is 1.87 bits per heavy atom. The van der Waals surface area contributed by atoms with Crippen LogP contribution in [-0.4, -0.2) is 53.5 Å². The van der Waals surface area contributed by atoms with Crippen molar-refractivity contribution in [3.05, 3.63) is 48.0 Å². The van der Waals surface area contributed by atoms with Crippen molar-refractivity contribution in [3.8, 4) is 11.4 Å². The molecule has 4 rings (SSSR count). The second-order valence-corrected chi connectivity index (χ2v) is 7.89. The Labute approximate surface area is 182 Å². The molecule has 1 N–H and O–H groups in total. The zero-order chi connectivity index (χ0) is 21.6. The monoisotopic (exact) mass is 423 g/mol. The largest absolute Gasteiger partial charge is 0.494 e. The Hall–Kier alpha value is -3.06. The molecule has 0 aliphatic carbocycles. The number of unbranched alkanes of at least 4 members (excludes halogenated alkanes) is 2. The second kappa shape index (κ2) is 9.83. The summed E-state index contributed by atoms with van der Waals surface area (Å²) in [5, 5.41) is 8.73. The number of benzene rings is 2. The van der Waals surface area contributed by atoms with Crippen LogP contribution < -0.4 is 9.64 Å². The smallest absolute Gasteiger partial charge is 0.303 e. The zero-order valence-electron chi connectivity index (χ0n) is 17.9. The summed E-state index contributed by atoms with van der Waals surface area (Å²) >= 11 is 0. The van der Waals surface area contributed by atoms with Crippen molar-refractivity contribution in [1.29, 1.82) is 0 Å². The van der Waals surface area contributed by atoms with E-state index >= 15 is 0 Å². The molecule has 7 nitrogen and oxygen atoms in total. The molecule has 1 fully saturated rings. The summed E-state index contributed by atoms with van der Waals surface area (Å²) in [5.74, 6) is 0.979. The first-order valence-electron chi connectivity index (χ1n) is 10.9. The van der Waals surface area contributed by atoms with Crippen LogP contribution in [0.15, 0.2) is 42.5 Å². The summed E-state index contributed by atoms with van der Waals surface area (Å²) in [5.41, 5.74) is 4.22. The van der Waals surface area contributed by atoms with E-state index in [2.05, 4.69) is 40.7 Å². The van der Waals surface area contributed by atoms with Gasteiger partial charge in [-0.05, 0) is 50.5 Å². The van der Waals surface area contributed by atoms with Crippen LogP contribution in [0.3, 0.4) is 0 Å². The molecule has 0 atom stereocenters. The molecule has 0 spiro atoms. The van der Waals surface area contributed by atoms with Crippen LogP contribution in [-0.2, 0) is 9.53 Å². The lowest BCUT2D eigenvalue weighted by atomic mass is 10.2. The van der Waals surface area contributed by atoms with Gasteiger partial charge in [0, 0.05) is 31.3 Å². The van der Waals surface area contributed by atoms with Crippen LogP contribution in [0.2, 0.25) is 0 Å². The van der Waals surface area contributed by atoms with Gasteiger partial charge in [0.1, 0.15) is 5.75 Å². The molecule has 7 heteroatoms. The molecule has 31 heavy (non-hydrogen) atoms. The molecule has 164 valence electrons. The average Bonchev–Trinajstić information content (AvgIpc) is 3.16. The molecule has 0 amide bonds. The van der Waals surface area contributed by atoms with E-state index in [-0.39, 0.29) is 6.42 Å². The maximum Gasteiger partial charge on any atom is 0.303 e. The SMILES string of the molecule is Cc1ccc(-n2c(N3CCOCC3)nc3ccc(OCCCCCC(=O)O)cc32)cc1. The molecule has 0 saturated carbocycles. The van der Waals surface area contributed by atoms with Crippen LogP contribution in [0, 0.1) is 6.92 Å². The van der Waals surface area contributed by atoms with Crippen molar-refractivity contribution in [2.45, 2.75) is 32.6 Å². The molecule has 1 aliphatic heterocycles. The summed E-state index contributed by atoms with van der Waals surface area (Å²) in [6, 6.07) is 14.5. The summed E-state index contributed by atoms with van der Waals surface area (Å²) in [4.78, 5) is 17.8. The van der Waals surface area contributed by atoms with Gasteiger partial charge in [0.25, 0.3) is 0 Å². The van der Waals surface area contributed by atoms with Crippen molar-refractivity contribution < 1.29 is 19.4 Å². The molecule has 0 radical (unpaired) electrons. The van der Waals surface area contributed by atoms with E-state index in [9.17, 15) is 4.79 Å². The first-order valence-corrected chi connectivity index (χ1v) is 10.9. The van der Waals surface area contributed by atoms with E-state index in [1.807, 2.05) is 18.2 Å². The topological polar surface area (TPSA) is 76.8 Å². The predicted molar refractivity (Wildman–Crippen MR) is 120 cm³/mol. The van der Waals surface area contributed by atoms with Gasteiger partial charge in [-0.15, -0.1) is 0 Å². The number of fused-ring (bicyclic) bond motifs is 1. The fourth-order valence-electron chi connectivity index (χ4n) is 3.80. The van der Waals surface area contributed by atoms with Crippen molar-refractivity contribution in [2.24, 2.45) is 0 Å². The van der Waals surface area contributed by atoms with E-state index in [1.165, 1.54) is 5.56 Å². The van der Waals surface area contributed by atoms with E-state index in [4.69, 9.17) is 19.6 Å². The van der Waals surface area contributed by atoms with Crippen molar-refractivity contribution in [2.75, 3.05) is 37.8 Å². The number of anilines is 1. The molecule has 3 aromatic rings. The number of carboxylic acids is 1. The first kappa shape index (κ1) is 21.2. The van der Waals surface area contributed by atoms with Gasteiger partial charge in [0.2, 0.25) is 5.95 Å². The Kier molecular flexibility index (Phi) is 6.72. The molecule has 2 heterocycles. The number of aliphatic carboxylic acids is 1. The normalized spacial score (nSPS) is 14.2. The van der Waals surface area contributed by atoms with Crippen molar-refractivity contribution in [1.82, 2.24) is 9.55 Å². The van der Waals surface area contributed by atoms with Gasteiger partial charge in [-0.2, -0.15) is 0 Å². The van der Waals surface area contributed by atoms with Gasteiger partial charge < -0.3 is 19.5 Å². The Bertz CT molecular complexity index is 1020. The lowest BCUT2D eigenvalue weighted by Crippen LogP contribution is -2.37. The highest BCUT2D eigenvalue weighted by Crippen LogP contribution is 2.30. The third-order valence-electron chi connectivity index (χ3n) is 5.50. The number of carboxylic acid groups (broad SMARTS) is 1. The third-order valence-corrected chi connectivity index (χ3v) is 5.50. The summed E-state index contributed by atoms with van der Waals surface area (Å²) < 4.78 is 13.7. The number of hydrogen-bond donors (Lipinski definition) is 1. The molecule has 0 unspecified atom stereocenters. The highest BCUT2D eigenvalue weighted by Gasteiger charge is 2.21. The Balaban J connectivity index is 1.58. The fourth-order valence-corrected chi connectivity index (χ4v) is 3.80. The number of carbonyl (C=O) groups is 1. The van der Waals surface area contributed by atoms with E-state index < -0.39 is 5.97 Å². The van der Waals surface area contributed by atoms with E-state index in [0.717, 1.165) is 54.3 Å².